The lowest BCUT2D eigenvalue weighted by atomic mass is 10.3. The Labute approximate surface area is 115 Å². The smallest absolute Gasteiger partial charge is 0.250 e. The van der Waals surface area contributed by atoms with E-state index in [1.54, 1.807) is 19.2 Å². The number of hydrogen-bond acceptors (Lipinski definition) is 4. The van der Waals surface area contributed by atoms with Gasteiger partial charge in [0.1, 0.15) is 4.21 Å². The molecule has 0 aliphatic heterocycles. The highest BCUT2D eigenvalue weighted by Crippen LogP contribution is 2.20. The minimum atomic E-state index is -3.42. The van der Waals surface area contributed by atoms with Gasteiger partial charge in [0.2, 0.25) is 10.0 Å². The third-order valence-electron chi connectivity index (χ3n) is 2.13. The van der Waals surface area contributed by atoms with Crippen molar-refractivity contribution < 1.29 is 13.2 Å². The van der Waals surface area contributed by atoms with Crippen molar-refractivity contribution in [2.45, 2.75) is 23.6 Å². The molecule has 0 aliphatic carbocycles. The average Bonchev–Trinajstić information content (AvgIpc) is 2.66. The van der Waals surface area contributed by atoms with Crippen LogP contribution in [0.5, 0.6) is 0 Å². The number of thiophene rings is 1. The van der Waals surface area contributed by atoms with Crippen LogP contribution in [-0.4, -0.2) is 33.5 Å². The van der Waals surface area contributed by atoms with E-state index in [0.717, 1.165) is 10.2 Å². The zero-order valence-electron chi connectivity index (χ0n) is 9.77. The standard InChI is InChI=1S/C10H16BrNO3S2/c1-8-3-4-10(16-8)17(13,14)12-9(5-6-11)7-15-2/h3-4,9,12H,5-7H2,1-2H3. The highest BCUT2D eigenvalue weighted by atomic mass is 79.9. The van der Waals surface area contributed by atoms with E-state index in [1.807, 2.05) is 6.92 Å². The van der Waals surface area contributed by atoms with Crippen molar-refractivity contribution in [1.29, 1.82) is 0 Å². The third kappa shape index (κ3) is 4.67. The first-order chi connectivity index (χ1) is 7.99. The largest absolute Gasteiger partial charge is 0.383 e. The van der Waals surface area contributed by atoms with Crippen molar-refractivity contribution in [2.75, 3.05) is 19.0 Å². The number of nitrogens with one attached hydrogen (secondary N) is 1. The summed E-state index contributed by atoms with van der Waals surface area (Å²) in [6, 6.07) is 3.22. The summed E-state index contributed by atoms with van der Waals surface area (Å²) in [5.41, 5.74) is 0. The Morgan fingerprint density at radius 1 is 1.53 bits per heavy atom. The lowest BCUT2D eigenvalue weighted by Gasteiger charge is -2.16. The van der Waals surface area contributed by atoms with Crippen molar-refractivity contribution in [3.63, 3.8) is 0 Å². The van der Waals surface area contributed by atoms with Gasteiger partial charge in [-0.2, -0.15) is 0 Å². The van der Waals surface area contributed by atoms with Gasteiger partial charge in [-0.3, -0.25) is 0 Å². The van der Waals surface area contributed by atoms with Crippen LogP contribution >= 0.6 is 27.3 Å². The van der Waals surface area contributed by atoms with Crippen molar-refractivity contribution in [3.05, 3.63) is 17.0 Å². The van der Waals surface area contributed by atoms with Gasteiger partial charge < -0.3 is 4.74 Å². The second-order valence-electron chi connectivity index (χ2n) is 3.62. The van der Waals surface area contributed by atoms with Crippen LogP contribution in [-0.2, 0) is 14.8 Å². The zero-order valence-corrected chi connectivity index (χ0v) is 13.0. The molecule has 0 radical (unpaired) electrons. The first-order valence-corrected chi connectivity index (χ1v) is 8.55. The molecule has 0 aliphatic rings. The number of hydrogen-bond donors (Lipinski definition) is 1. The molecular weight excluding hydrogens is 326 g/mol. The van der Waals surface area contributed by atoms with Crippen LogP contribution in [0.3, 0.4) is 0 Å². The van der Waals surface area contributed by atoms with Gasteiger partial charge in [0.05, 0.1) is 6.61 Å². The Morgan fingerprint density at radius 2 is 2.24 bits per heavy atom. The van der Waals surface area contributed by atoms with Crippen molar-refractivity contribution in [1.82, 2.24) is 4.72 Å². The molecule has 98 valence electrons. The van der Waals surface area contributed by atoms with Crippen molar-refractivity contribution in [3.8, 4) is 0 Å². The van der Waals surface area contributed by atoms with Crippen molar-refractivity contribution in [2.24, 2.45) is 0 Å². The number of aryl methyl sites for hydroxylation is 1. The second-order valence-corrected chi connectivity index (χ2v) is 7.64. The van der Waals surface area contributed by atoms with Crippen LogP contribution < -0.4 is 4.72 Å². The van der Waals surface area contributed by atoms with E-state index in [4.69, 9.17) is 4.74 Å². The molecule has 7 heteroatoms. The maximum absolute atomic E-state index is 12.0. The van der Waals surface area contributed by atoms with Crippen LogP contribution in [0.2, 0.25) is 0 Å². The minimum Gasteiger partial charge on any atom is -0.383 e. The molecule has 1 aromatic heterocycles. The molecule has 1 heterocycles. The van der Waals surface area contributed by atoms with Gasteiger partial charge >= 0.3 is 0 Å². The number of alkyl halides is 1. The molecule has 0 amide bonds. The Hall–Kier alpha value is 0.0500. The molecule has 0 aromatic carbocycles. The maximum atomic E-state index is 12.0. The van der Waals surface area contributed by atoms with E-state index in [2.05, 4.69) is 20.7 Å². The summed E-state index contributed by atoms with van der Waals surface area (Å²) < 4.78 is 32.1. The minimum absolute atomic E-state index is 0.202. The maximum Gasteiger partial charge on any atom is 0.250 e. The van der Waals surface area contributed by atoms with Gasteiger partial charge in [0.25, 0.3) is 0 Å². The predicted molar refractivity (Wildman–Crippen MR) is 73.5 cm³/mol. The summed E-state index contributed by atoms with van der Waals surface area (Å²) in [5.74, 6) is 0. The summed E-state index contributed by atoms with van der Waals surface area (Å²) in [6.45, 7) is 2.25. The Balaban J connectivity index is 2.77. The molecule has 17 heavy (non-hydrogen) atoms. The number of halogens is 1. The monoisotopic (exact) mass is 341 g/mol. The number of ether oxygens (including phenoxy) is 1. The first kappa shape index (κ1) is 15.1. The van der Waals surface area contributed by atoms with E-state index in [9.17, 15) is 8.42 Å². The van der Waals surface area contributed by atoms with Gasteiger partial charge in [-0.25, -0.2) is 13.1 Å². The second kappa shape index (κ2) is 6.84. The van der Waals surface area contributed by atoms with Crippen LogP contribution in [0, 0.1) is 6.92 Å². The summed E-state index contributed by atoms with van der Waals surface area (Å²) in [5, 5.41) is 0.729. The Kier molecular flexibility index (Phi) is 6.08. The van der Waals surface area contributed by atoms with E-state index in [1.165, 1.54) is 11.3 Å². The van der Waals surface area contributed by atoms with Gasteiger partial charge in [0.15, 0.2) is 0 Å². The van der Waals surface area contributed by atoms with Crippen molar-refractivity contribution >= 4 is 37.3 Å². The predicted octanol–water partition coefficient (Wildman–Crippen LogP) is 2.13. The van der Waals surface area contributed by atoms with Crippen LogP contribution in [0.1, 0.15) is 11.3 Å². The van der Waals surface area contributed by atoms with E-state index < -0.39 is 10.0 Å². The summed E-state index contributed by atoms with van der Waals surface area (Å²) >= 11 is 4.57. The lowest BCUT2D eigenvalue weighted by Crippen LogP contribution is -2.37. The van der Waals surface area contributed by atoms with Gasteiger partial charge in [-0.05, 0) is 25.5 Å². The molecule has 1 unspecified atom stereocenters. The molecular formula is C10H16BrNO3S2. The highest BCUT2D eigenvalue weighted by molar-refractivity contribution is 9.09. The summed E-state index contributed by atoms with van der Waals surface area (Å²) in [6.07, 6.45) is 0.692. The molecule has 1 aromatic rings. The lowest BCUT2D eigenvalue weighted by molar-refractivity contribution is 0.173. The van der Waals surface area contributed by atoms with Crippen LogP contribution in [0.25, 0.3) is 0 Å². The summed E-state index contributed by atoms with van der Waals surface area (Å²) in [7, 11) is -1.86. The van der Waals surface area contributed by atoms with E-state index in [-0.39, 0.29) is 6.04 Å². The molecule has 0 bridgehead atoms. The highest BCUT2D eigenvalue weighted by Gasteiger charge is 2.21. The molecule has 1 rings (SSSR count). The molecule has 0 saturated carbocycles. The fraction of sp³-hybridized carbons (Fsp3) is 0.600. The molecule has 0 fully saturated rings. The fourth-order valence-electron chi connectivity index (χ4n) is 1.34. The fourth-order valence-corrected chi connectivity index (χ4v) is 4.45. The average molecular weight is 342 g/mol. The summed E-state index contributed by atoms with van der Waals surface area (Å²) in [4.78, 5) is 0.981. The van der Waals surface area contributed by atoms with Crippen LogP contribution in [0.4, 0.5) is 0 Å². The van der Waals surface area contributed by atoms with Gasteiger partial charge in [-0.15, -0.1) is 11.3 Å². The number of sulfonamides is 1. The Morgan fingerprint density at radius 3 is 2.71 bits per heavy atom. The molecule has 1 N–H and O–H groups in total. The molecule has 0 spiro atoms. The number of rotatable bonds is 7. The zero-order chi connectivity index (χ0) is 12.9. The normalized spacial score (nSPS) is 13.8. The first-order valence-electron chi connectivity index (χ1n) is 5.13. The molecule has 0 saturated heterocycles. The van der Waals surface area contributed by atoms with E-state index in [0.29, 0.717) is 17.2 Å². The van der Waals surface area contributed by atoms with Crippen LogP contribution in [0.15, 0.2) is 16.3 Å². The molecule has 4 nitrogen and oxygen atoms in total. The Bertz CT molecular complexity index is 438. The molecule has 1 atom stereocenters. The number of methoxy groups -OCH3 is 1. The van der Waals surface area contributed by atoms with Gasteiger partial charge in [-0.1, -0.05) is 15.9 Å². The third-order valence-corrected chi connectivity index (χ3v) is 5.60. The van der Waals surface area contributed by atoms with Gasteiger partial charge in [0, 0.05) is 23.4 Å². The quantitative estimate of drug-likeness (QED) is 0.773. The SMILES string of the molecule is COCC(CCBr)NS(=O)(=O)c1ccc(C)s1. The topological polar surface area (TPSA) is 55.4 Å². The van der Waals surface area contributed by atoms with E-state index >= 15 is 0 Å².